The second-order valence-corrected chi connectivity index (χ2v) is 3.42. The minimum absolute atomic E-state index is 0.0338. The summed E-state index contributed by atoms with van der Waals surface area (Å²) in [7, 11) is 0. The molecule has 5 nitrogen and oxygen atoms in total. The van der Waals surface area contributed by atoms with Crippen molar-refractivity contribution in [2.75, 3.05) is 0 Å². The van der Waals surface area contributed by atoms with Crippen LogP contribution in [0.5, 0.6) is 0 Å². The maximum atomic E-state index is 12.8. The Morgan fingerprint density at radius 2 is 2.19 bits per heavy atom. The molecule has 0 fully saturated rings. The summed E-state index contributed by atoms with van der Waals surface area (Å²) in [6.07, 6.45) is 0. The predicted octanol–water partition coefficient (Wildman–Crippen LogP) is 1.36. The fraction of sp³-hybridized carbons (Fsp3) is 0. The zero-order valence-electron chi connectivity index (χ0n) is 7.87. The van der Waals surface area contributed by atoms with Gasteiger partial charge in [-0.2, -0.15) is 15.4 Å². The van der Waals surface area contributed by atoms with Crippen LogP contribution in [-0.2, 0) is 0 Å². The van der Waals surface area contributed by atoms with Crippen molar-refractivity contribution in [3.63, 3.8) is 0 Å². The van der Waals surface area contributed by atoms with E-state index >= 15 is 0 Å². The monoisotopic (exact) mass is 240 g/mol. The molecule has 1 aromatic heterocycles. The zero-order valence-corrected chi connectivity index (χ0v) is 8.62. The van der Waals surface area contributed by atoms with Gasteiger partial charge in [-0.3, -0.25) is 4.79 Å². The van der Waals surface area contributed by atoms with E-state index < -0.39 is 11.7 Å². The Bertz CT molecular complexity index is 554. The van der Waals surface area contributed by atoms with Crippen LogP contribution in [0, 0.1) is 5.82 Å². The van der Waals surface area contributed by atoms with Crippen molar-refractivity contribution >= 4 is 17.5 Å². The van der Waals surface area contributed by atoms with E-state index in [1.807, 2.05) is 0 Å². The van der Waals surface area contributed by atoms with Gasteiger partial charge in [-0.1, -0.05) is 11.6 Å². The minimum atomic E-state index is -0.732. The molecule has 16 heavy (non-hydrogen) atoms. The van der Waals surface area contributed by atoms with E-state index in [2.05, 4.69) is 15.4 Å². The first-order valence-electron chi connectivity index (χ1n) is 4.25. The predicted molar refractivity (Wildman–Crippen MR) is 55.3 cm³/mol. The van der Waals surface area contributed by atoms with Crippen molar-refractivity contribution in [1.82, 2.24) is 15.4 Å². The Morgan fingerprint density at radius 1 is 1.44 bits per heavy atom. The zero-order chi connectivity index (χ0) is 11.7. The molecule has 1 aromatic carbocycles. The molecule has 7 heteroatoms. The lowest BCUT2D eigenvalue weighted by molar-refractivity contribution is 0.0996. The van der Waals surface area contributed by atoms with E-state index in [-0.39, 0.29) is 16.4 Å². The standard InChI is InChI=1S/C9H6ClFN4O/c10-6-3-4(11)1-2-5(6)7-8(9(12)16)14-15-13-7/h1-3H,(H2,12,16)(H,13,14,15). The van der Waals surface area contributed by atoms with Crippen LogP contribution in [0.15, 0.2) is 18.2 Å². The average molecular weight is 241 g/mol. The van der Waals surface area contributed by atoms with Gasteiger partial charge in [-0.05, 0) is 18.2 Å². The first-order chi connectivity index (χ1) is 7.59. The van der Waals surface area contributed by atoms with E-state index in [0.717, 1.165) is 6.07 Å². The van der Waals surface area contributed by atoms with Gasteiger partial charge in [0.2, 0.25) is 0 Å². The summed E-state index contributed by atoms with van der Waals surface area (Å²) in [5, 5.41) is 9.75. The van der Waals surface area contributed by atoms with Crippen LogP contribution in [0.2, 0.25) is 5.02 Å². The summed E-state index contributed by atoms with van der Waals surface area (Å²) in [5.74, 6) is -1.21. The maximum absolute atomic E-state index is 12.8. The number of aromatic nitrogens is 3. The number of rotatable bonds is 2. The van der Waals surface area contributed by atoms with E-state index in [1.54, 1.807) is 0 Å². The normalized spacial score (nSPS) is 10.4. The largest absolute Gasteiger partial charge is 0.364 e. The highest BCUT2D eigenvalue weighted by Crippen LogP contribution is 2.28. The minimum Gasteiger partial charge on any atom is -0.364 e. The first kappa shape index (κ1) is 10.6. The Hall–Kier alpha value is -1.95. The molecule has 2 rings (SSSR count). The van der Waals surface area contributed by atoms with Gasteiger partial charge < -0.3 is 5.73 Å². The number of carbonyl (C=O) groups excluding carboxylic acids is 1. The second kappa shape index (κ2) is 3.90. The smallest absolute Gasteiger partial charge is 0.271 e. The third-order valence-electron chi connectivity index (χ3n) is 1.97. The SMILES string of the molecule is NC(=O)c1n[nH]nc1-c1ccc(F)cc1Cl. The van der Waals surface area contributed by atoms with Gasteiger partial charge >= 0.3 is 0 Å². The number of hydrogen-bond acceptors (Lipinski definition) is 3. The Morgan fingerprint density at radius 3 is 2.81 bits per heavy atom. The molecule has 0 saturated carbocycles. The number of H-pyrrole nitrogens is 1. The molecule has 3 N–H and O–H groups in total. The Labute approximate surface area is 94.4 Å². The molecule has 0 aliphatic carbocycles. The molecule has 0 aliphatic rings. The number of carbonyl (C=O) groups is 1. The fourth-order valence-electron chi connectivity index (χ4n) is 1.27. The molecule has 0 saturated heterocycles. The Balaban J connectivity index is 2.59. The number of nitrogens with zero attached hydrogens (tertiary/aromatic N) is 2. The van der Waals surface area contributed by atoms with E-state index in [1.165, 1.54) is 12.1 Å². The highest BCUT2D eigenvalue weighted by Gasteiger charge is 2.17. The molecule has 2 aromatic rings. The lowest BCUT2D eigenvalue weighted by Gasteiger charge is -2.01. The van der Waals surface area contributed by atoms with Crippen LogP contribution < -0.4 is 5.73 Å². The van der Waals surface area contributed by atoms with Crippen LogP contribution in [0.4, 0.5) is 4.39 Å². The summed E-state index contributed by atoms with van der Waals surface area (Å²) >= 11 is 5.82. The highest BCUT2D eigenvalue weighted by atomic mass is 35.5. The number of halogens is 2. The molecule has 0 radical (unpaired) electrons. The summed E-state index contributed by atoms with van der Waals surface area (Å²) in [4.78, 5) is 11.0. The third kappa shape index (κ3) is 1.74. The summed E-state index contributed by atoms with van der Waals surface area (Å²) < 4.78 is 12.8. The molecule has 82 valence electrons. The van der Waals surface area contributed by atoms with Gasteiger partial charge in [0.15, 0.2) is 5.69 Å². The first-order valence-corrected chi connectivity index (χ1v) is 4.63. The van der Waals surface area contributed by atoms with Gasteiger partial charge in [-0.15, -0.1) is 0 Å². The van der Waals surface area contributed by atoms with Crippen molar-refractivity contribution in [2.45, 2.75) is 0 Å². The van der Waals surface area contributed by atoms with Crippen molar-refractivity contribution < 1.29 is 9.18 Å². The molecular weight excluding hydrogens is 235 g/mol. The molecule has 0 unspecified atom stereocenters. The van der Waals surface area contributed by atoms with Crippen molar-refractivity contribution in [3.05, 3.63) is 34.7 Å². The van der Waals surface area contributed by atoms with Gasteiger partial charge in [0.1, 0.15) is 11.5 Å². The van der Waals surface area contributed by atoms with Gasteiger partial charge in [-0.25, -0.2) is 4.39 Å². The van der Waals surface area contributed by atoms with Crippen LogP contribution in [-0.4, -0.2) is 21.3 Å². The van der Waals surface area contributed by atoms with Crippen LogP contribution in [0.3, 0.4) is 0 Å². The second-order valence-electron chi connectivity index (χ2n) is 3.01. The van der Waals surface area contributed by atoms with Crippen molar-refractivity contribution in [1.29, 1.82) is 0 Å². The molecule has 1 amide bonds. The molecule has 0 atom stereocenters. The van der Waals surface area contributed by atoms with Gasteiger partial charge in [0, 0.05) is 5.56 Å². The number of nitrogens with two attached hydrogens (primary N) is 1. The van der Waals surface area contributed by atoms with Gasteiger partial charge in [0.05, 0.1) is 5.02 Å². The number of benzene rings is 1. The number of primary amides is 1. The summed E-state index contributed by atoms with van der Waals surface area (Å²) in [6.45, 7) is 0. The summed E-state index contributed by atoms with van der Waals surface area (Å²) in [6, 6.07) is 3.74. The lowest BCUT2D eigenvalue weighted by atomic mass is 10.1. The quantitative estimate of drug-likeness (QED) is 0.831. The fourth-order valence-corrected chi connectivity index (χ4v) is 1.53. The molecular formula is C9H6ClFN4O. The molecule has 1 heterocycles. The third-order valence-corrected chi connectivity index (χ3v) is 2.28. The number of hydrogen-bond donors (Lipinski definition) is 2. The maximum Gasteiger partial charge on any atom is 0.271 e. The lowest BCUT2D eigenvalue weighted by Crippen LogP contribution is -2.12. The van der Waals surface area contributed by atoms with Crippen molar-refractivity contribution in [2.24, 2.45) is 5.73 Å². The van der Waals surface area contributed by atoms with Crippen molar-refractivity contribution in [3.8, 4) is 11.3 Å². The van der Waals surface area contributed by atoms with E-state index in [0.29, 0.717) is 5.56 Å². The van der Waals surface area contributed by atoms with Crippen LogP contribution in [0.1, 0.15) is 10.5 Å². The van der Waals surface area contributed by atoms with E-state index in [9.17, 15) is 9.18 Å². The van der Waals surface area contributed by atoms with Gasteiger partial charge in [0.25, 0.3) is 5.91 Å². The Kier molecular flexibility index (Phi) is 2.57. The molecule has 0 spiro atoms. The number of amides is 1. The van der Waals surface area contributed by atoms with E-state index in [4.69, 9.17) is 17.3 Å². The molecule has 0 aliphatic heterocycles. The topological polar surface area (TPSA) is 84.7 Å². The van der Waals surface area contributed by atoms with Crippen LogP contribution in [0.25, 0.3) is 11.3 Å². The average Bonchev–Trinajstić information content (AvgIpc) is 2.66. The summed E-state index contributed by atoms with van der Waals surface area (Å²) in [5.41, 5.74) is 5.66. The molecule has 0 bridgehead atoms. The number of aromatic amines is 1. The van der Waals surface area contributed by atoms with Crippen LogP contribution >= 0.6 is 11.6 Å². The highest BCUT2D eigenvalue weighted by molar-refractivity contribution is 6.33. The number of nitrogens with one attached hydrogen (secondary N) is 1.